The molecule has 0 unspecified atom stereocenters. The summed E-state index contributed by atoms with van der Waals surface area (Å²) >= 11 is 0. The number of halogens is 3. The zero-order valence-corrected chi connectivity index (χ0v) is 15.4. The van der Waals surface area contributed by atoms with Gasteiger partial charge < -0.3 is 0 Å². The Balaban J connectivity index is 1.49. The maximum absolute atomic E-state index is 13.7. The van der Waals surface area contributed by atoms with Crippen LogP contribution in [0.5, 0.6) is 0 Å². The Hall–Kier alpha value is -0.990. The quantitative estimate of drug-likeness (QED) is 0.530. The maximum Gasteiger partial charge on any atom is 0.161 e. The molecule has 140 valence electrons. The van der Waals surface area contributed by atoms with E-state index in [0.717, 1.165) is 49.0 Å². The van der Waals surface area contributed by atoms with Crippen molar-refractivity contribution in [3.63, 3.8) is 0 Å². The van der Waals surface area contributed by atoms with Gasteiger partial charge in [-0.3, -0.25) is 4.39 Å². The van der Waals surface area contributed by atoms with Crippen molar-refractivity contribution in [2.24, 2.45) is 17.8 Å². The largest absolute Gasteiger partial charge is 0.251 e. The average molecular weight is 352 g/mol. The van der Waals surface area contributed by atoms with Gasteiger partial charge in [0, 0.05) is 0 Å². The topological polar surface area (TPSA) is 0 Å². The van der Waals surface area contributed by atoms with E-state index in [1.54, 1.807) is 6.92 Å². The average Bonchev–Trinajstić information content (AvgIpc) is 2.64. The van der Waals surface area contributed by atoms with Crippen LogP contribution in [0.1, 0.15) is 81.3 Å². The van der Waals surface area contributed by atoms with E-state index >= 15 is 0 Å². The van der Waals surface area contributed by atoms with E-state index in [4.69, 9.17) is 0 Å². The molecule has 25 heavy (non-hydrogen) atoms. The van der Waals surface area contributed by atoms with Crippen LogP contribution in [-0.2, 0) is 0 Å². The summed E-state index contributed by atoms with van der Waals surface area (Å²) in [4.78, 5) is 0. The highest BCUT2D eigenvalue weighted by molar-refractivity contribution is 5.28. The summed E-state index contributed by atoms with van der Waals surface area (Å²) in [5, 5.41) is 0. The number of hydrogen-bond acceptors (Lipinski definition) is 0. The molecule has 0 atom stereocenters. The highest BCUT2D eigenvalue weighted by Crippen LogP contribution is 2.44. The molecule has 0 nitrogen and oxygen atoms in total. The first kappa shape index (κ1) is 18.8. The van der Waals surface area contributed by atoms with Crippen molar-refractivity contribution in [2.45, 2.75) is 77.0 Å². The summed E-state index contributed by atoms with van der Waals surface area (Å²) in [5.74, 6) is 1.34. The van der Waals surface area contributed by atoms with Crippen LogP contribution in [0.15, 0.2) is 12.1 Å². The molecule has 1 aromatic carbocycles. The zero-order valence-electron chi connectivity index (χ0n) is 15.4. The standard InChI is InChI=1S/C22H31F3/c1-15-13-20(14-21(24)22(15)25)19-10-8-18(9-11-19)17-6-4-16(5-7-17)3-2-12-23/h13-14,16-19H,2-12H2,1H3. The summed E-state index contributed by atoms with van der Waals surface area (Å²) in [6, 6.07) is 3.24. The van der Waals surface area contributed by atoms with E-state index in [1.807, 2.05) is 6.07 Å². The van der Waals surface area contributed by atoms with Crippen molar-refractivity contribution in [1.82, 2.24) is 0 Å². The van der Waals surface area contributed by atoms with Gasteiger partial charge in [0.15, 0.2) is 11.6 Å². The highest BCUT2D eigenvalue weighted by Gasteiger charge is 2.31. The Bertz CT molecular complexity index is 529. The molecule has 0 amide bonds. The van der Waals surface area contributed by atoms with Gasteiger partial charge in [0.1, 0.15) is 0 Å². The van der Waals surface area contributed by atoms with Crippen molar-refractivity contribution in [3.8, 4) is 0 Å². The molecule has 2 aliphatic rings. The molecule has 1 aromatic rings. The molecular weight excluding hydrogens is 321 g/mol. The first-order valence-corrected chi connectivity index (χ1v) is 10.1. The van der Waals surface area contributed by atoms with E-state index < -0.39 is 11.6 Å². The second-order valence-corrected chi connectivity index (χ2v) is 8.36. The lowest BCUT2D eigenvalue weighted by Crippen LogP contribution is -2.25. The molecule has 3 rings (SSSR count). The summed E-state index contributed by atoms with van der Waals surface area (Å²) in [6.45, 7) is 1.47. The Morgan fingerprint density at radius 1 is 0.880 bits per heavy atom. The van der Waals surface area contributed by atoms with E-state index in [0.29, 0.717) is 11.5 Å². The second kappa shape index (κ2) is 8.60. The van der Waals surface area contributed by atoms with E-state index in [2.05, 4.69) is 0 Å². The predicted octanol–water partition coefficient (Wildman–Crippen LogP) is 7.10. The van der Waals surface area contributed by atoms with E-state index in [1.165, 1.54) is 44.6 Å². The van der Waals surface area contributed by atoms with Crippen molar-refractivity contribution in [2.75, 3.05) is 6.67 Å². The molecule has 0 saturated heterocycles. The number of benzene rings is 1. The normalized spacial score (nSPS) is 30.4. The monoisotopic (exact) mass is 352 g/mol. The van der Waals surface area contributed by atoms with Gasteiger partial charge in [-0.05, 0) is 99.2 Å². The van der Waals surface area contributed by atoms with Gasteiger partial charge >= 0.3 is 0 Å². The first-order chi connectivity index (χ1) is 12.1. The summed E-state index contributed by atoms with van der Waals surface area (Å²) in [5.41, 5.74) is 1.40. The lowest BCUT2D eigenvalue weighted by Gasteiger charge is -2.38. The minimum absolute atomic E-state index is 0.173. The highest BCUT2D eigenvalue weighted by atomic mass is 19.2. The zero-order chi connectivity index (χ0) is 17.8. The SMILES string of the molecule is Cc1cc(C2CCC(C3CCC(CCCF)CC3)CC2)cc(F)c1F. The molecule has 0 N–H and O–H groups in total. The molecule has 0 radical (unpaired) electrons. The lowest BCUT2D eigenvalue weighted by molar-refractivity contribution is 0.155. The van der Waals surface area contributed by atoms with Crippen molar-refractivity contribution in [1.29, 1.82) is 0 Å². The minimum atomic E-state index is -0.707. The number of alkyl halides is 1. The third-order valence-electron chi connectivity index (χ3n) is 6.78. The van der Waals surface area contributed by atoms with Gasteiger partial charge in [0.2, 0.25) is 0 Å². The first-order valence-electron chi connectivity index (χ1n) is 10.1. The van der Waals surface area contributed by atoms with Crippen LogP contribution in [0, 0.1) is 36.3 Å². The number of hydrogen-bond donors (Lipinski definition) is 0. The molecular formula is C22H31F3. The van der Waals surface area contributed by atoms with Crippen molar-refractivity contribution >= 4 is 0 Å². The van der Waals surface area contributed by atoms with Crippen LogP contribution in [0.3, 0.4) is 0 Å². The maximum atomic E-state index is 13.7. The summed E-state index contributed by atoms with van der Waals surface area (Å²) in [6.07, 6.45) is 11.5. The smallest absolute Gasteiger partial charge is 0.161 e. The Kier molecular flexibility index (Phi) is 6.46. The van der Waals surface area contributed by atoms with Gasteiger partial charge in [-0.2, -0.15) is 0 Å². The van der Waals surface area contributed by atoms with E-state index in [9.17, 15) is 13.2 Å². The van der Waals surface area contributed by atoms with Crippen LogP contribution < -0.4 is 0 Å². The minimum Gasteiger partial charge on any atom is -0.251 e. The molecule has 0 aromatic heterocycles. The summed E-state index contributed by atoms with van der Waals surface area (Å²) in [7, 11) is 0. The third-order valence-corrected chi connectivity index (χ3v) is 6.78. The van der Waals surface area contributed by atoms with Crippen LogP contribution in [0.25, 0.3) is 0 Å². The Morgan fingerprint density at radius 3 is 2.04 bits per heavy atom. The molecule has 2 aliphatic carbocycles. The van der Waals surface area contributed by atoms with Crippen LogP contribution >= 0.6 is 0 Å². The number of aryl methyl sites for hydroxylation is 1. The van der Waals surface area contributed by atoms with Gasteiger partial charge in [0.05, 0.1) is 6.67 Å². The molecule has 3 heteroatoms. The molecule has 0 spiro atoms. The van der Waals surface area contributed by atoms with Gasteiger partial charge in [-0.1, -0.05) is 18.9 Å². The number of rotatable bonds is 5. The lowest BCUT2D eigenvalue weighted by atomic mass is 9.68. The summed E-state index contributed by atoms with van der Waals surface area (Å²) < 4.78 is 39.5. The third kappa shape index (κ3) is 4.60. The predicted molar refractivity (Wildman–Crippen MR) is 96.5 cm³/mol. The van der Waals surface area contributed by atoms with Crippen LogP contribution in [0.2, 0.25) is 0 Å². The molecule has 2 saturated carbocycles. The van der Waals surface area contributed by atoms with Gasteiger partial charge in [-0.15, -0.1) is 0 Å². The Labute approximate surface area is 150 Å². The van der Waals surface area contributed by atoms with Gasteiger partial charge in [0.25, 0.3) is 0 Å². The van der Waals surface area contributed by atoms with Gasteiger partial charge in [-0.25, -0.2) is 8.78 Å². The van der Waals surface area contributed by atoms with Crippen molar-refractivity contribution in [3.05, 3.63) is 34.9 Å². The molecule has 0 bridgehead atoms. The fraction of sp³-hybridized carbons (Fsp3) is 0.727. The molecule has 2 fully saturated rings. The molecule has 0 aliphatic heterocycles. The second-order valence-electron chi connectivity index (χ2n) is 8.36. The van der Waals surface area contributed by atoms with Crippen LogP contribution in [-0.4, -0.2) is 6.67 Å². The fourth-order valence-electron chi connectivity index (χ4n) is 5.23. The Morgan fingerprint density at radius 2 is 1.48 bits per heavy atom. The van der Waals surface area contributed by atoms with Crippen LogP contribution in [0.4, 0.5) is 13.2 Å². The molecule has 0 heterocycles. The van der Waals surface area contributed by atoms with Crippen molar-refractivity contribution < 1.29 is 13.2 Å². The fourth-order valence-corrected chi connectivity index (χ4v) is 5.23. The van der Waals surface area contributed by atoms with E-state index in [-0.39, 0.29) is 6.67 Å².